The van der Waals surface area contributed by atoms with Crippen LogP contribution in [0.3, 0.4) is 0 Å². The van der Waals surface area contributed by atoms with Crippen molar-refractivity contribution in [2.75, 3.05) is 18.4 Å². The lowest BCUT2D eigenvalue weighted by molar-refractivity contribution is -0.121. The molecule has 1 saturated heterocycles. The summed E-state index contributed by atoms with van der Waals surface area (Å²) in [5, 5.41) is 3.51. The fraction of sp³-hybridized carbons (Fsp3) is 0.357. The largest absolute Gasteiger partial charge is 0.468 e. The van der Waals surface area contributed by atoms with Gasteiger partial charge in [-0.1, -0.05) is 31.0 Å². The zero-order valence-corrected chi connectivity index (χ0v) is 21.5. The van der Waals surface area contributed by atoms with Crippen molar-refractivity contribution in [3.05, 3.63) is 65.4 Å². The molecule has 0 radical (unpaired) electrons. The van der Waals surface area contributed by atoms with E-state index in [0.29, 0.717) is 11.6 Å². The molecular weight excluding hydrogens is 470 g/mol. The molecule has 0 amide bonds. The molecule has 0 saturated carbocycles. The summed E-state index contributed by atoms with van der Waals surface area (Å²) in [7, 11) is 0. The van der Waals surface area contributed by atoms with Gasteiger partial charge in [-0.05, 0) is 56.5 Å². The molecule has 3 heterocycles. The van der Waals surface area contributed by atoms with Crippen LogP contribution < -0.4 is 10.1 Å². The van der Waals surface area contributed by atoms with Crippen LogP contribution in [0, 0.1) is 6.92 Å². The molecule has 36 heavy (non-hydrogen) atoms. The Kier molecular flexibility index (Phi) is 7.53. The number of nitrogens with zero attached hydrogens (tertiary/aromatic N) is 4. The molecule has 1 aliphatic rings. The highest BCUT2D eigenvalue weighted by Gasteiger charge is 2.21. The lowest BCUT2D eigenvalue weighted by Crippen LogP contribution is -2.41. The van der Waals surface area contributed by atoms with Crippen molar-refractivity contribution in [1.82, 2.24) is 19.9 Å². The van der Waals surface area contributed by atoms with Gasteiger partial charge >= 0.3 is 0 Å². The van der Waals surface area contributed by atoms with Gasteiger partial charge in [0.05, 0.1) is 27.5 Å². The van der Waals surface area contributed by atoms with E-state index in [-0.39, 0.29) is 6.04 Å². The minimum atomic E-state index is -0.551. The monoisotopic (exact) mass is 501 g/mol. The van der Waals surface area contributed by atoms with Crippen LogP contribution in [-0.2, 0) is 4.79 Å². The van der Waals surface area contributed by atoms with Crippen molar-refractivity contribution in [3.63, 3.8) is 0 Å². The second kappa shape index (κ2) is 11.1. The average molecular weight is 502 g/mol. The van der Waals surface area contributed by atoms with E-state index in [9.17, 15) is 4.79 Å². The predicted octanol–water partition coefficient (Wildman–Crippen LogP) is 6.01. The van der Waals surface area contributed by atoms with Crippen molar-refractivity contribution >= 4 is 33.7 Å². The van der Waals surface area contributed by atoms with E-state index in [1.165, 1.54) is 12.8 Å². The van der Waals surface area contributed by atoms with Gasteiger partial charge in [0, 0.05) is 24.7 Å². The van der Waals surface area contributed by atoms with Gasteiger partial charge in [-0.3, -0.25) is 9.69 Å². The van der Waals surface area contributed by atoms with E-state index in [0.717, 1.165) is 65.1 Å². The van der Waals surface area contributed by atoms with Crippen LogP contribution in [0.5, 0.6) is 5.75 Å². The number of rotatable bonds is 8. The van der Waals surface area contributed by atoms with E-state index >= 15 is 0 Å². The molecule has 0 aliphatic carbocycles. The molecule has 1 N–H and O–H groups in total. The third kappa shape index (κ3) is 5.71. The number of thiazole rings is 1. The number of fused-ring (bicyclic) bond motifs is 1. The topological polar surface area (TPSA) is 80.2 Å². The maximum atomic E-state index is 11.8. The Labute approximate surface area is 215 Å². The molecule has 0 spiro atoms. The molecule has 2 aromatic heterocycles. The number of carbonyl (C=O) groups is 1. The van der Waals surface area contributed by atoms with Gasteiger partial charge < -0.3 is 10.1 Å². The number of aromatic nitrogens is 3. The summed E-state index contributed by atoms with van der Waals surface area (Å²) in [4.78, 5) is 27.6. The Morgan fingerprint density at radius 2 is 1.89 bits per heavy atom. The van der Waals surface area contributed by atoms with Crippen molar-refractivity contribution in [2.45, 2.75) is 51.8 Å². The fourth-order valence-electron chi connectivity index (χ4n) is 4.64. The second-order valence-electron chi connectivity index (χ2n) is 9.25. The highest BCUT2D eigenvalue weighted by atomic mass is 32.1. The van der Waals surface area contributed by atoms with Crippen LogP contribution in [0.2, 0.25) is 0 Å². The molecule has 8 heteroatoms. The zero-order chi connectivity index (χ0) is 24.9. The summed E-state index contributed by atoms with van der Waals surface area (Å²) in [5.74, 6) is 2.16. The van der Waals surface area contributed by atoms with Crippen LogP contribution in [0.25, 0.3) is 21.5 Å². The summed E-state index contributed by atoms with van der Waals surface area (Å²) < 4.78 is 7.26. The maximum absolute atomic E-state index is 11.8. The Hall–Kier alpha value is -3.36. The van der Waals surface area contributed by atoms with Crippen LogP contribution >= 0.6 is 11.3 Å². The molecule has 4 aromatic rings. The minimum Gasteiger partial charge on any atom is -0.468 e. The number of nitrogens with one attached hydrogen (secondary N) is 1. The highest BCUT2D eigenvalue weighted by molar-refractivity contribution is 7.16. The summed E-state index contributed by atoms with van der Waals surface area (Å²) in [6.07, 6.45) is 4.99. The first-order valence-electron chi connectivity index (χ1n) is 12.5. The van der Waals surface area contributed by atoms with E-state index in [1.54, 1.807) is 11.3 Å². The molecule has 1 fully saturated rings. The number of hydrogen-bond donors (Lipinski definition) is 1. The third-order valence-electron chi connectivity index (χ3n) is 6.56. The van der Waals surface area contributed by atoms with Crippen molar-refractivity contribution in [3.8, 4) is 17.0 Å². The van der Waals surface area contributed by atoms with Gasteiger partial charge in [0.2, 0.25) is 6.23 Å². The predicted molar refractivity (Wildman–Crippen MR) is 144 cm³/mol. The second-order valence-corrected chi connectivity index (χ2v) is 10.1. The first kappa shape index (κ1) is 24.3. The smallest absolute Gasteiger partial charge is 0.209 e. The molecule has 2 atom stereocenters. The Morgan fingerprint density at radius 1 is 1.06 bits per heavy atom. The molecule has 1 unspecified atom stereocenters. The standard InChI is InChI=1S/C28H31N5O2S/c1-19(21-8-7-9-23(14-21)35-28(17-34)33-12-5-3-4-6-13-33)30-27-16-25(31-20(2)32-27)22-10-11-24-26(15-22)36-18-29-24/h7-11,14-19,28H,3-6,12-13H2,1-2H3,(H,30,31,32)/t19?,28-/m0/s1. The molecule has 0 bridgehead atoms. The third-order valence-corrected chi connectivity index (χ3v) is 7.35. The lowest BCUT2D eigenvalue weighted by Gasteiger charge is -2.27. The van der Waals surface area contributed by atoms with Gasteiger partial charge in [-0.2, -0.15) is 0 Å². The normalized spacial score (nSPS) is 16.3. The van der Waals surface area contributed by atoms with Gasteiger partial charge in [-0.25, -0.2) is 15.0 Å². The summed E-state index contributed by atoms with van der Waals surface area (Å²) in [5.41, 5.74) is 5.82. The summed E-state index contributed by atoms with van der Waals surface area (Å²) >= 11 is 1.62. The van der Waals surface area contributed by atoms with Crippen LogP contribution in [0.15, 0.2) is 54.0 Å². The van der Waals surface area contributed by atoms with Crippen LogP contribution in [0.4, 0.5) is 5.82 Å². The maximum Gasteiger partial charge on any atom is 0.209 e. The Bertz CT molecular complexity index is 1330. The number of benzene rings is 2. The van der Waals surface area contributed by atoms with Gasteiger partial charge in [0.1, 0.15) is 17.4 Å². The zero-order valence-electron chi connectivity index (χ0n) is 20.7. The number of likely N-dealkylation sites (tertiary alicyclic amines) is 1. The van der Waals surface area contributed by atoms with Gasteiger partial charge in [0.25, 0.3) is 0 Å². The van der Waals surface area contributed by atoms with E-state index in [1.807, 2.05) is 48.8 Å². The molecule has 1 aliphatic heterocycles. The number of aldehydes is 1. The van der Waals surface area contributed by atoms with E-state index < -0.39 is 6.23 Å². The molecular formula is C28H31N5O2S. The number of ether oxygens (including phenoxy) is 1. The first-order valence-corrected chi connectivity index (χ1v) is 13.4. The number of hydrogen-bond acceptors (Lipinski definition) is 8. The lowest BCUT2D eigenvalue weighted by atomic mass is 10.1. The summed E-state index contributed by atoms with van der Waals surface area (Å²) in [6, 6.07) is 16.1. The van der Waals surface area contributed by atoms with Gasteiger partial charge in [0.15, 0.2) is 6.29 Å². The average Bonchev–Trinajstić information content (AvgIpc) is 3.19. The SMILES string of the molecule is Cc1nc(NC(C)c2cccc(O[C@@H](C=O)N3CCCCCC3)c2)cc(-c2ccc3ncsc3c2)n1. The van der Waals surface area contributed by atoms with E-state index in [2.05, 4.69) is 44.2 Å². The number of anilines is 1. The summed E-state index contributed by atoms with van der Waals surface area (Å²) in [6.45, 7) is 5.78. The van der Waals surface area contributed by atoms with Crippen molar-refractivity contribution < 1.29 is 9.53 Å². The minimum absolute atomic E-state index is 0.0208. The Morgan fingerprint density at radius 3 is 2.69 bits per heavy atom. The Balaban J connectivity index is 1.31. The van der Waals surface area contributed by atoms with E-state index in [4.69, 9.17) is 4.74 Å². The molecule has 2 aromatic carbocycles. The van der Waals surface area contributed by atoms with Gasteiger partial charge in [-0.15, -0.1) is 11.3 Å². The molecule has 5 rings (SSSR count). The fourth-order valence-corrected chi connectivity index (χ4v) is 5.36. The number of carbonyl (C=O) groups excluding carboxylic acids is 1. The quantitative estimate of drug-likeness (QED) is 0.296. The first-order chi connectivity index (χ1) is 17.6. The highest BCUT2D eigenvalue weighted by Crippen LogP contribution is 2.28. The van der Waals surface area contributed by atoms with Crippen LogP contribution in [0.1, 0.15) is 50.0 Å². The number of aryl methyl sites for hydroxylation is 1. The van der Waals surface area contributed by atoms with Crippen molar-refractivity contribution in [2.24, 2.45) is 0 Å². The van der Waals surface area contributed by atoms with Crippen LogP contribution in [-0.4, -0.2) is 45.5 Å². The molecule has 7 nitrogen and oxygen atoms in total. The molecule has 186 valence electrons. The van der Waals surface area contributed by atoms with Crippen molar-refractivity contribution in [1.29, 1.82) is 0 Å².